The van der Waals surface area contributed by atoms with Crippen molar-refractivity contribution in [2.24, 2.45) is 0 Å². The molecular formula is C16H15N5O2S. The maximum absolute atomic E-state index is 11.5. The van der Waals surface area contributed by atoms with Gasteiger partial charge in [-0.25, -0.2) is 0 Å². The van der Waals surface area contributed by atoms with Crippen molar-refractivity contribution in [2.75, 3.05) is 11.4 Å². The molecule has 1 aromatic carbocycles. The molecule has 2 heterocycles. The monoisotopic (exact) mass is 341 g/mol. The Bertz CT molecular complexity index is 907. The van der Waals surface area contributed by atoms with Crippen LogP contribution in [-0.2, 0) is 6.54 Å². The van der Waals surface area contributed by atoms with Gasteiger partial charge in [0.25, 0.3) is 4.96 Å². The average molecular weight is 341 g/mol. The largest absolute Gasteiger partial charge is 0.373 e. The molecule has 122 valence electrons. The van der Waals surface area contributed by atoms with E-state index in [1.165, 1.54) is 15.7 Å². The SMILES string of the molecule is CCCN(Cc1ccc(C#N)cc1)c1nc2sccn2c1[N+](=O)[O-]. The van der Waals surface area contributed by atoms with Gasteiger partial charge in [-0.2, -0.15) is 14.6 Å². The number of aromatic nitrogens is 2. The van der Waals surface area contributed by atoms with E-state index >= 15 is 0 Å². The Kier molecular flexibility index (Phi) is 4.44. The summed E-state index contributed by atoms with van der Waals surface area (Å²) in [5, 5.41) is 22.2. The van der Waals surface area contributed by atoms with Gasteiger partial charge >= 0.3 is 5.82 Å². The fourth-order valence-electron chi connectivity index (χ4n) is 2.58. The minimum atomic E-state index is -0.385. The number of nitrogens with zero attached hydrogens (tertiary/aromatic N) is 5. The number of anilines is 1. The highest BCUT2D eigenvalue weighted by molar-refractivity contribution is 7.15. The van der Waals surface area contributed by atoms with E-state index in [2.05, 4.69) is 11.1 Å². The summed E-state index contributed by atoms with van der Waals surface area (Å²) in [5.41, 5.74) is 1.57. The van der Waals surface area contributed by atoms with Crippen LogP contribution in [0.2, 0.25) is 0 Å². The predicted molar refractivity (Wildman–Crippen MR) is 92.2 cm³/mol. The second-order valence-corrected chi connectivity index (χ2v) is 6.18. The first kappa shape index (κ1) is 16.0. The maximum atomic E-state index is 11.5. The molecule has 24 heavy (non-hydrogen) atoms. The van der Waals surface area contributed by atoms with Gasteiger partial charge in [-0.05, 0) is 29.0 Å². The van der Waals surface area contributed by atoms with E-state index in [4.69, 9.17) is 5.26 Å². The van der Waals surface area contributed by atoms with E-state index in [1.54, 1.807) is 23.7 Å². The zero-order valence-electron chi connectivity index (χ0n) is 13.0. The number of imidazole rings is 1. The van der Waals surface area contributed by atoms with Gasteiger partial charge in [0.2, 0.25) is 5.82 Å². The summed E-state index contributed by atoms with van der Waals surface area (Å²) in [6.07, 6.45) is 2.51. The average Bonchev–Trinajstić information content (AvgIpc) is 3.15. The Morgan fingerprint density at radius 2 is 2.17 bits per heavy atom. The zero-order valence-corrected chi connectivity index (χ0v) is 13.9. The van der Waals surface area contributed by atoms with Crippen molar-refractivity contribution in [1.29, 1.82) is 5.26 Å². The van der Waals surface area contributed by atoms with Crippen LogP contribution in [0.4, 0.5) is 11.6 Å². The third-order valence-corrected chi connectivity index (χ3v) is 4.40. The summed E-state index contributed by atoms with van der Waals surface area (Å²) in [6.45, 7) is 3.19. The van der Waals surface area contributed by atoms with Gasteiger partial charge in [0, 0.05) is 18.5 Å². The Labute approximate surface area is 142 Å². The number of rotatable bonds is 6. The lowest BCUT2D eigenvalue weighted by molar-refractivity contribution is -0.389. The van der Waals surface area contributed by atoms with Gasteiger partial charge in [-0.15, -0.1) is 0 Å². The molecule has 8 heteroatoms. The van der Waals surface area contributed by atoms with Gasteiger partial charge < -0.3 is 15.0 Å². The van der Waals surface area contributed by atoms with Crippen molar-refractivity contribution in [1.82, 2.24) is 9.38 Å². The minimum Gasteiger partial charge on any atom is -0.358 e. The van der Waals surface area contributed by atoms with Crippen LogP contribution >= 0.6 is 11.3 Å². The van der Waals surface area contributed by atoms with E-state index in [1.807, 2.05) is 24.0 Å². The van der Waals surface area contributed by atoms with Crippen LogP contribution in [0.25, 0.3) is 4.96 Å². The van der Waals surface area contributed by atoms with Crippen molar-refractivity contribution in [2.45, 2.75) is 19.9 Å². The molecule has 0 aliphatic rings. The van der Waals surface area contributed by atoms with Crippen LogP contribution in [0.5, 0.6) is 0 Å². The molecule has 0 saturated heterocycles. The third-order valence-electron chi connectivity index (χ3n) is 3.64. The van der Waals surface area contributed by atoms with Crippen LogP contribution in [0.1, 0.15) is 24.5 Å². The molecule has 0 saturated carbocycles. The first-order chi connectivity index (χ1) is 11.6. The number of thiazole rings is 1. The molecule has 0 fully saturated rings. The van der Waals surface area contributed by atoms with Crippen LogP contribution < -0.4 is 4.90 Å². The standard InChI is InChI=1S/C16H15N5O2S/c1-2-7-19(11-13-5-3-12(10-17)4-6-13)14-15(21(22)23)20-8-9-24-16(20)18-14/h3-6,8-9H,2,7,11H2,1H3. The third kappa shape index (κ3) is 2.94. The van der Waals surface area contributed by atoms with E-state index < -0.39 is 0 Å². The molecule has 0 aliphatic heterocycles. The molecule has 0 radical (unpaired) electrons. The number of fused-ring (bicyclic) bond motifs is 1. The molecule has 0 unspecified atom stereocenters. The molecule has 2 aromatic heterocycles. The maximum Gasteiger partial charge on any atom is 0.373 e. The first-order valence-corrected chi connectivity index (χ1v) is 8.36. The summed E-state index contributed by atoms with van der Waals surface area (Å²) in [5.74, 6) is 0.381. The highest BCUT2D eigenvalue weighted by Crippen LogP contribution is 2.32. The first-order valence-electron chi connectivity index (χ1n) is 7.48. The summed E-state index contributed by atoms with van der Waals surface area (Å²) < 4.78 is 1.52. The lowest BCUT2D eigenvalue weighted by Crippen LogP contribution is -2.24. The second-order valence-electron chi connectivity index (χ2n) is 5.30. The van der Waals surface area contributed by atoms with Crippen molar-refractivity contribution >= 4 is 27.9 Å². The van der Waals surface area contributed by atoms with Gasteiger partial charge in [-0.3, -0.25) is 0 Å². The van der Waals surface area contributed by atoms with Crippen molar-refractivity contribution in [3.8, 4) is 6.07 Å². The second kappa shape index (κ2) is 6.68. The number of nitriles is 1. The van der Waals surface area contributed by atoms with Crippen LogP contribution in [0.15, 0.2) is 35.8 Å². The van der Waals surface area contributed by atoms with Crippen molar-refractivity contribution in [3.63, 3.8) is 0 Å². The molecule has 3 aromatic rings. The highest BCUT2D eigenvalue weighted by atomic mass is 32.1. The fourth-order valence-corrected chi connectivity index (χ4v) is 3.28. The lowest BCUT2D eigenvalue weighted by Gasteiger charge is -2.21. The van der Waals surface area contributed by atoms with E-state index in [0.29, 0.717) is 29.4 Å². The molecule has 0 bridgehead atoms. The number of benzene rings is 1. The number of hydrogen-bond donors (Lipinski definition) is 0. The lowest BCUT2D eigenvalue weighted by atomic mass is 10.1. The molecule has 7 nitrogen and oxygen atoms in total. The van der Waals surface area contributed by atoms with Crippen molar-refractivity contribution < 1.29 is 4.92 Å². The van der Waals surface area contributed by atoms with Gasteiger partial charge in [0.05, 0.1) is 11.6 Å². The molecule has 0 spiro atoms. The van der Waals surface area contributed by atoms with Crippen LogP contribution in [0.3, 0.4) is 0 Å². The summed E-state index contributed by atoms with van der Waals surface area (Å²) in [4.78, 5) is 18.1. The zero-order chi connectivity index (χ0) is 17.1. The van der Waals surface area contributed by atoms with Crippen LogP contribution in [0, 0.1) is 21.4 Å². The Hall–Kier alpha value is -2.92. The Morgan fingerprint density at radius 3 is 2.79 bits per heavy atom. The molecule has 0 N–H and O–H groups in total. The topological polar surface area (TPSA) is 87.5 Å². The Morgan fingerprint density at radius 1 is 1.42 bits per heavy atom. The molecule has 0 amide bonds. The summed E-state index contributed by atoms with van der Waals surface area (Å²) in [7, 11) is 0. The quantitative estimate of drug-likeness (QED) is 0.505. The van der Waals surface area contributed by atoms with E-state index in [0.717, 1.165) is 12.0 Å². The highest BCUT2D eigenvalue weighted by Gasteiger charge is 2.27. The number of hydrogen-bond acceptors (Lipinski definition) is 6. The molecule has 0 atom stereocenters. The van der Waals surface area contributed by atoms with Crippen LogP contribution in [-0.4, -0.2) is 20.9 Å². The van der Waals surface area contributed by atoms with Gasteiger partial charge in [0.15, 0.2) is 0 Å². The fraction of sp³-hybridized carbons (Fsp3) is 0.250. The summed E-state index contributed by atoms with van der Waals surface area (Å²) >= 11 is 1.37. The normalized spacial score (nSPS) is 10.7. The van der Waals surface area contributed by atoms with E-state index in [-0.39, 0.29) is 10.7 Å². The smallest absolute Gasteiger partial charge is 0.358 e. The predicted octanol–water partition coefficient (Wildman–Crippen LogP) is 3.59. The minimum absolute atomic E-state index is 0.00616. The molecule has 0 aliphatic carbocycles. The number of nitro groups is 1. The molecular weight excluding hydrogens is 326 g/mol. The molecule has 3 rings (SSSR count). The van der Waals surface area contributed by atoms with Gasteiger partial charge in [-0.1, -0.05) is 30.4 Å². The van der Waals surface area contributed by atoms with E-state index in [9.17, 15) is 10.1 Å². The van der Waals surface area contributed by atoms with Gasteiger partial charge in [0.1, 0.15) is 6.20 Å². The Balaban J connectivity index is 1.98. The van der Waals surface area contributed by atoms with Crippen molar-refractivity contribution in [3.05, 3.63) is 57.1 Å². The summed E-state index contributed by atoms with van der Waals surface area (Å²) in [6, 6.07) is 9.32.